The molecule has 1 atom stereocenters. The maximum atomic E-state index is 12.9. The molecule has 0 radical (unpaired) electrons. The van der Waals surface area contributed by atoms with Crippen LogP contribution in [0.15, 0.2) is 53.4 Å². The molecular formula is C23H31ClN2O5S2. The normalized spacial score (nSPS) is 12.9. The van der Waals surface area contributed by atoms with Gasteiger partial charge in [-0.15, -0.1) is 0 Å². The van der Waals surface area contributed by atoms with Gasteiger partial charge in [-0.3, -0.25) is 9.52 Å². The summed E-state index contributed by atoms with van der Waals surface area (Å²) in [6, 6.07) is 13.3. The van der Waals surface area contributed by atoms with Crippen LogP contribution in [0.1, 0.15) is 62.6 Å². The van der Waals surface area contributed by atoms with Crippen LogP contribution in [0, 0.1) is 0 Å². The Kier molecular flexibility index (Phi) is 10.3. The molecule has 0 bridgehead atoms. The first-order chi connectivity index (χ1) is 15.5. The van der Waals surface area contributed by atoms with Gasteiger partial charge in [0.1, 0.15) is 0 Å². The van der Waals surface area contributed by atoms with Crippen LogP contribution < -0.4 is 9.44 Å². The van der Waals surface area contributed by atoms with Crippen LogP contribution in [-0.2, 0) is 31.3 Å². The Labute approximate surface area is 202 Å². The highest BCUT2D eigenvalue weighted by Crippen LogP contribution is 2.24. The SMILES string of the molecule is CCCCCC(NS(=O)(=O)c1ccc(Cl)cc1)c1ccc(CCCC(=O)NS(C)(=O)=O)cc1. The fourth-order valence-corrected chi connectivity index (χ4v) is 5.29. The lowest BCUT2D eigenvalue weighted by molar-refractivity contribution is -0.119. The Balaban J connectivity index is 2.06. The maximum Gasteiger partial charge on any atom is 0.241 e. The van der Waals surface area contributed by atoms with E-state index in [1.165, 1.54) is 12.1 Å². The van der Waals surface area contributed by atoms with Crippen molar-refractivity contribution in [1.29, 1.82) is 0 Å². The zero-order valence-corrected chi connectivity index (χ0v) is 21.3. The highest BCUT2D eigenvalue weighted by atomic mass is 35.5. The van der Waals surface area contributed by atoms with Gasteiger partial charge in [-0.2, -0.15) is 0 Å². The summed E-state index contributed by atoms with van der Waals surface area (Å²) in [4.78, 5) is 11.8. The minimum atomic E-state index is -3.71. The predicted octanol–water partition coefficient (Wildman–Crippen LogP) is 4.34. The van der Waals surface area contributed by atoms with E-state index in [1.54, 1.807) is 12.1 Å². The van der Waals surface area contributed by atoms with Gasteiger partial charge < -0.3 is 0 Å². The fourth-order valence-electron chi connectivity index (χ4n) is 3.39. The van der Waals surface area contributed by atoms with Crippen molar-refractivity contribution in [2.24, 2.45) is 0 Å². The van der Waals surface area contributed by atoms with E-state index in [0.29, 0.717) is 24.3 Å². The lowest BCUT2D eigenvalue weighted by Crippen LogP contribution is -2.29. The second-order valence-corrected chi connectivity index (χ2v) is 11.9. The van der Waals surface area contributed by atoms with Crippen molar-refractivity contribution in [2.75, 3.05) is 6.26 Å². The number of rotatable bonds is 13. The molecular weight excluding hydrogens is 484 g/mol. The van der Waals surface area contributed by atoms with Gasteiger partial charge in [0.2, 0.25) is 26.0 Å². The fraction of sp³-hybridized carbons (Fsp3) is 0.435. The molecule has 0 heterocycles. The summed E-state index contributed by atoms with van der Waals surface area (Å²) in [6.45, 7) is 2.10. The summed E-state index contributed by atoms with van der Waals surface area (Å²) in [5.74, 6) is -0.526. The molecule has 0 saturated carbocycles. The number of halogens is 1. The van der Waals surface area contributed by atoms with Crippen molar-refractivity contribution >= 4 is 37.6 Å². The number of nitrogens with one attached hydrogen (secondary N) is 2. The molecule has 182 valence electrons. The van der Waals surface area contributed by atoms with Crippen LogP contribution in [0.25, 0.3) is 0 Å². The second-order valence-electron chi connectivity index (χ2n) is 8.02. The lowest BCUT2D eigenvalue weighted by Gasteiger charge is -2.20. The Morgan fingerprint density at radius 1 is 0.939 bits per heavy atom. The molecule has 10 heteroatoms. The van der Waals surface area contributed by atoms with E-state index in [0.717, 1.165) is 36.6 Å². The summed E-state index contributed by atoms with van der Waals surface area (Å²) in [5.41, 5.74) is 1.85. The van der Waals surface area contributed by atoms with Crippen molar-refractivity contribution in [3.63, 3.8) is 0 Å². The highest BCUT2D eigenvalue weighted by Gasteiger charge is 2.21. The summed E-state index contributed by atoms with van der Waals surface area (Å²) >= 11 is 5.88. The van der Waals surface area contributed by atoms with Crippen LogP contribution in [0.3, 0.4) is 0 Å². The zero-order chi connectivity index (χ0) is 24.5. The molecule has 0 saturated heterocycles. The van der Waals surface area contributed by atoms with Crippen LogP contribution in [-0.4, -0.2) is 29.0 Å². The molecule has 7 nitrogen and oxygen atoms in total. The van der Waals surface area contributed by atoms with Gasteiger partial charge in [0, 0.05) is 17.5 Å². The summed E-state index contributed by atoms with van der Waals surface area (Å²) < 4.78 is 52.7. The van der Waals surface area contributed by atoms with Gasteiger partial charge in [0.15, 0.2) is 0 Å². The largest absolute Gasteiger partial charge is 0.274 e. The van der Waals surface area contributed by atoms with E-state index in [-0.39, 0.29) is 17.4 Å². The van der Waals surface area contributed by atoms with E-state index >= 15 is 0 Å². The van der Waals surface area contributed by atoms with Gasteiger partial charge in [-0.1, -0.05) is 62.1 Å². The number of hydrogen-bond acceptors (Lipinski definition) is 5. The van der Waals surface area contributed by atoms with E-state index in [2.05, 4.69) is 11.6 Å². The van der Waals surface area contributed by atoms with Crippen molar-refractivity contribution < 1.29 is 21.6 Å². The molecule has 0 spiro atoms. The molecule has 0 aromatic heterocycles. The van der Waals surface area contributed by atoms with Gasteiger partial charge in [-0.05, 0) is 54.7 Å². The van der Waals surface area contributed by atoms with Crippen LogP contribution in [0.2, 0.25) is 5.02 Å². The van der Waals surface area contributed by atoms with E-state index < -0.39 is 26.0 Å². The standard InChI is InChI=1S/C23H31ClN2O5S2/c1-3-4-5-8-22(25-33(30,31)21-16-14-20(24)15-17-21)19-12-10-18(11-13-19)7-6-9-23(27)26-32(2,28)29/h10-17,22,25H,3-9H2,1-2H3,(H,26,27). The smallest absolute Gasteiger partial charge is 0.241 e. The molecule has 2 aromatic rings. The average Bonchev–Trinajstić information content (AvgIpc) is 2.73. The van der Waals surface area contributed by atoms with Gasteiger partial charge in [-0.25, -0.2) is 21.6 Å². The maximum absolute atomic E-state index is 12.9. The summed E-state index contributed by atoms with van der Waals surface area (Å²) in [5, 5.41) is 0.470. The molecule has 0 aliphatic rings. The topological polar surface area (TPSA) is 109 Å². The average molecular weight is 515 g/mol. The van der Waals surface area contributed by atoms with Crippen LogP contribution in [0.4, 0.5) is 0 Å². The molecule has 1 amide bonds. The number of aryl methyl sites for hydroxylation is 1. The van der Waals surface area contributed by atoms with Gasteiger partial charge in [0.25, 0.3) is 0 Å². The van der Waals surface area contributed by atoms with Crippen molar-refractivity contribution in [3.8, 4) is 0 Å². The molecule has 0 aliphatic heterocycles. The van der Waals surface area contributed by atoms with Crippen molar-refractivity contribution in [2.45, 2.75) is 62.8 Å². The first-order valence-corrected chi connectivity index (χ1v) is 14.6. The molecule has 2 N–H and O–H groups in total. The minimum absolute atomic E-state index is 0.107. The van der Waals surface area contributed by atoms with Gasteiger partial charge >= 0.3 is 0 Å². The third-order valence-corrected chi connectivity index (χ3v) is 7.41. The number of carbonyl (C=O) groups excluding carboxylic acids is 1. The first-order valence-electron chi connectivity index (χ1n) is 10.9. The second kappa shape index (κ2) is 12.5. The van der Waals surface area contributed by atoms with E-state index in [9.17, 15) is 21.6 Å². The number of unbranched alkanes of at least 4 members (excludes halogenated alkanes) is 2. The third kappa shape index (κ3) is 9.83. The van der Waals surface area contributed by atoms with Crippen molar-refractivity contribution in [3.05, 3.63) is 64.7 Å². The Hall–Kier alpha value is -1.94. The van der Waals surface area contributed by atoms with Crippen LogP contribution in [0.5, 0.6) is 0 Å². The molecule has 33 heavy (non-hydrogen) atoms. The number of amides is 1. The molecule has 0 fully saturated rings. The Bertz CT molecular complexity index is 1120. The number of hydrogen-bond donors (Lipinski definition) is 2. The predicted molar refractivity (Wildman–Crippen MR) is 131 cm³/mol. The van der Waals surface area contributed by atoms with Crippen molar-refractivity contribution in [1.82, 2.24) is 9.44 Å². The highest BCUT2D eigenvalue weighted by molar-refractivity contribution is 7.89. The quantitative estimate of drug-likeness (QED) is 0.386. The molecule has 0 aliphatic carbocycles. The van der Waals surface area contributed by atoms with Gasteiger partial charge in [0.05, 0.1) is 11.2 Å². The number of carbonyl (C=O) groups is 1. The number of benzene rings is 2. The monoisotopic (exact) mass is 514 g/mol. The summed E-state index contributed by atoms with van der Waals surface area (Å²) in [7, 11) is -7.26. The zero-order valence-electron chi connectivity index (χ0n) is 18.9. The lowest BCUT2D eigenvalue weighted by atomic mass is 9.99. The molecule has 2 rings (SSSR count). The Morgan fingerprint density at radius 3 is 2.15 bits per heavy atom. The number of sulfonamides is 2. The first kappa shape index (κ1) is 27.3. The van der Waals surface area contributed by atoms with Crippen LogP contribution >= 0.6 is 11.6 Å². The molecule has 1 unspecified atom stereocenters. The molecule has 2 aromatic carbocycles. The summed E-state index contributed by atoms with van der Waals surface area (Å²) in [6.07, 6.45) is 5.76. The van der Waals surface area contributed by atoms with E-state index in [1.807, 2.05) is 29.0 Å². The third-order valence-electron chi connectivity index (χ3n) is 5.07. The minimum Gasteiger partial charge on any atom is -0.274 e. The van der Waals surface area contributed by atoms with E-state index in [4.69, 9.17) is 11.6 Å². The Morgan fingerprint density at radius 2 is 1.58 bits per heavy atom.